The second kappa shape index (κ2) is 6.30. The Kier molecular flexibility index (Phi) is 4.05. The van der Waals surface area contributed by atoms with E-state index in [0.717, 1.165) is 22.5 Å². The minimum Gasteiger partial charge on any atom is -0.383 e. The Morgan fingerprint density at radius 3 is 2.77 bits per heavy atom. The Balaban J connectivity index is 1.54. The van der Waals surface area contributed by atoms with Crippen molar-refractivity contribution in [2.45, 2.75) is 6.92 Å². The molecule has 1 aromatic heterocycles. The van der Waals surface area contributed by atoms with Gasteiger partial charge in [0.05, 0.1) is 11.0 Å². The van der Waals surface area contributed by atoms with Crippen molar-refractivity contribution in [1.82, 2.24) is 15.3 Å². The van der Waals surface area contributed by atoms with Gasteiger partial charge in [-0.05, 0) is 37.3 Å². The lowest BCUT2D eigenvalue weighted by Gasteiger charge is -2.08. The molecular formula is C17H18N4O. The fourth-order valence-corrected chi connectivity index (χ4v) is 2.32. The van der Waals surface area contributed by atoms with Crippen LogP contribution in [0, 0.1) is 6.92 Å². The van der Waals surface area contributed by atoms with Gasteiger partial charge in [-0.2, -0.15) is 0 Å². The molecule has 0 fully saturated rings. The topological polar surface area (TPSA) is 69.8 Å². The first-order valence-corrected chi connectivity index (χ1v) is 7.26. The van der Waals surface area contributed by atoms with Crippen LogP contribution in [0.5, 0.6) is 0 Å². The van der Waals surface area contributed by atoms with E-state index in [-0.39, 0.29) is 5.91 Å². The van der Waals surface area contributed by atoms with Crippen LogP contribution < -0.4 is 10.6 Å². The van der Waals surface area contributed by atoms with Gasteiger partial charge in [0.1, 0.15) is 5.82 Å². The molecule has 0 saturated heterocycles. The van der Waals surface area contributed by atoms with Gasteiger partial charge in [0, 0.05) is 24.3 Å². The van der Waals surface area contributed by atoms with E-state index in [9.17, 15) is 4.79 Å². The Morgan fingerprint density at radius 1 is 1.14 bits per heavy atom. The summed E-state index contributed by atoms with van der Waals surface area (Å²) in [6.45, 7) is 3.14. The number of H-pyrrole nitrogens is 1. The molecule has 0 spiro atoms. The van der Waals surface area contributed by atoms with Gasteiger partial charge in [-0.1, -0.05) is 18.2 Å². The quantitative estimate of drug-likeness (QED) is 0.634. The van der Waals surface area contributed by atoms with Crippen molar-refractivity contribution in [3.8, 4) is 0 Å². The van der Waals surface area contributed by atoms with Crippen molar-refractivity contribution in [2.24, 2.45) is 0 Å². The van der Waals surface area contributed by atoms with Crippen LogP contribution in [0.1, 0.15) is 16.2 Å². The molecule has 5 heteroatoms. The number of nitrogens with one attached hydrogen (secondary N) is 3. The molecular weight excluding hydrogens is 276 g/mol. The van der Waals surface area contributed by atoms with Crippen LogP contribution in [-0.4, -0.2) is 29.0 Å². The summed E-state index contributed by atoms with van der Waals surface area (Å²) in [5, 5.41) is 6.15. The molecule has 1 heterocycles. The maximum atomic E-state index is 12.1. The van der Waals surface area contributed by atoms with Gasteiger partial charge in [0.15, 0.2) is 0 Å². The summed E-state index contributed by atoms with van der Waals surface area (Å²) < 4.78 is 0. The van der Waals surface area contributed by atoms with Gasteiger partial charge in [-0.15, -0.1) is 0 Å². The van der Waals surface area contributed by atoms with E-state index >= 15 is 0 Å². The fraction of sp³-hybridized carbons (Fsp3) is 0.176. The number of aromatic amines is 1. The van der Waals surface area contributed by atoms with E-state index in [1.54, 1.807) is 12.1 Å². The first-order valence-electron chi connectivity index (χ1n) is 7.26. The number of benzene rings is 2. The maximum absolute atomic E-state index is 12.1. The molecule has 0 aliphatic heterocycles. The van der Waals surface area contributed by atoms with Crippen molar-refractivity contribution in [2.75, 3.05) is 18.4 Å². The summed E-state index contributed by atoms with van der Waals surface area (Å²) in [5.41, 5.74) is 3.43. The molecule has 112 valence electrons. The highest BCUT2D eigenvalue weighted by molar-refractivity contribution is 5.97. The SMILES string of the molecule is Cc1nc2cc(C(=O)NCCNc3ccccc3)ccc2[nH]1. The first kappa shape index (κ1) is 14.1. The largest absolute Gasteiger partial charge is 0.383 e. The molecule has 0 bridgehead atoms. The predicted octanol–water partition coefficient (Wildman–Crippen LogP) is 2.71. The van der Waals surface area contributed by atoms with E-state index in [4.69, 9.17) is 0 Å². The summed E-state index contributed by atoms with van der Waals surface area (Å²) in [6.07, 6.45) is 0. The third-order valence-corrected chi connectivity index (χ3v) is 3.38. The Labute approximate surface area is 128 Å². The number of fused-ring (bicyclic) bond motifs is 1. The van der Waals surface area contributed by atoms with Gasteiger partial charge in [-0.3, -0.25) is 4.79 Å². The van der Waals surface area contributed by atoms with Crippen molar-refractivity contribution < 1.29 is 4.79 Å². The Morgan fingerprint density at radius 2 is 1.95 bits per heavy atom. The van der Waals surface area contributed by atoms with Crippen LogP contribution in [-0.2, 0) is 0 Å². The lowest BCUT2D eigenvalue weighted by Crippen LogP contribution is -2.28. The van der Waals surface area contributed by atoms with E-state index in [2.05, 4.69) is 20.6 Å². The highest BCUT2D eigenvalue weighted by Gasteiger charge is 2.07. The number of amides is 1. The second-order valence-electron chi connectivity index (χ2n) is 5.10. The zero-order chi connectivity index (χ0) is 15.4. The van der Waals surface area contributed by atoms with Crippen molar-refractivity contribution in [3.05, 3.63) is 59.9 Å². The average Bonchev–Trinajstić information content (AvgIpc) is 2.91. The number of aromatic nitrogens is 2. The number of rotatable bonds is 5. The minimum atomic E-state index is -0.0857. The van der Waals surface area contributed by atoms with Crippen LogP contribution in [0.3, 0.4) is 0 Å². The Hall–Kier alpha value is -2.82. The number of aryl methyl sites for hydroxylation is 1. The van der Waals surface area contributed by atoms with Gasteiger partial charge < -0.3 is 15.6 Å². The highest BCUT2D eigenvalue weighted by Crippen LogP contribution is 2.13. The van der Waals surface area contributed by atoms with E-state index in [0.29, 0.717) is 18.7 Å². The minimum absolute atomic E-state index is 0.0857. The van der Waals surface area contributed by atoms with Gasteiger partial charge in [0.25, 0.3) is 5.91 Å². The zero-order valence-electron chi connectivity index (χ0n) is 12.4. The number of imidazole rings is 1. The van der Waals surface area contributed by atoms with Gasteiger partial charge in [0.2, 0.25) is 0 Å². The van der Waals surface area contributed by atoms with Crippen molar-refractivity contribution >= 4 is 22.6 Å². The van der Waals surface area contributed by atoms with Gasteiger partial charge in [-0.25, -0.2) is 4.98 Å². The summed E-state index contributed by atoms with van der Waals surface area (Å²) in [7, 11) is 0. The van der Waals surface area contributed by atoms with E-state index in [1.807, 2.05) is 43.3 Å². The summed E-state index contributed by atoms with van der Waals surface area (Å²) in [5.74, 6) is 0.761. The number of nitrogens with zero attached hydrogens (tertiary/aromatic N) is 1. The third kappa shape index (κ3) is 3.25. The molecule has 3 rings (SSSR count). The fourth-order valence-electron chi connectivity index (χ4n) is 2.32. The molecule has 5 nitrogen and oxygen atoms in total. The van der Waals surface area contributed by atoms with Crippen molar-refractivity contribution in [3.63, 3.8) is 0 Å². The summed E-state index contributed by atoms with van der Waals surface area (Å²) in [6, 6.07) is 15.4. The second-order valence-corrected chi connectivity index (χ2v) is 5.10. The van der Waals surface area contributed by atoms with E-state index < -0.39 is 0 Å². The number of anilines is 1. The van der Waals surface area contributed by atoms with Crippen molar-refractivity contribution in [1.29, 1.82) is 0 Å². The zero-order valence-corrected chi connectivity index (χ0v) is 12.4. The number of para-hydroxylation sites is 1. The lowest BCUT2D eigenvalue weighted by molar-refractivity contribution is 0.0955. The smallest absolute Gasteiger partial charge is 0.251 e. The maximum Gasteiger partial charge on any atom is 0.251 e. The molecule has 0 saturated carbocycles. The molecule has 3 N–H and O–H groups in total. The standard InChI is InChI=1S/C17H18N4O/c1-12-20-15-8-7-13(11-16(15)21-12)17(22)19-10-9-18-14-5-3-2-4-6-14/h2-8,11,18H,9-10H2,1H3,(H,19,22)(H,20,21). The number of carbonyl (C=O) groups is 1. The number of carbonyl (C=O) groups excluding carboxylic acids is 1. The van der Waals surface area contributed by atoms with Crippen LogP contribution >= 0.6 is 0 Å². The molecule has 0 atom stereocenters. The predicted molar refractivity (Wildman–Crippen MR) is 88.1 cm³/mol. The van der Waals surface area contributed by atoms with Crippen LogP contribution in [0.15, 0.2) is 48.5 Å². The summed E-state index contributed by atoms with van der Waals surface area (Å²) in [4.78, 5) is 19.6. The van der Waals surface area contributed by atoms with Crippen LogP contribution in [0.2, 0.25) is 0 Å². The molecule has 0 radical (unpaired) electrons. The number of hydrogen-bond acceptors (Lipinski definition) is 3. The average molecular weight is 294 g/mol. The van der Waals surface area contributed by atoms with E-state index in [1.165, 1.54) is 0 Å². The molecule has 0 aliphatic carbocycles. The summed E-state index contributed by atoms with van der Waals surface area (Å²) >= 11 is 0. The molecule has 2 aromatic carbocycles. The number of hydrogen-bond donors (Lipinski definition) is 3. The van der Waals surface area contributed by atoms with Crippen LogP contribution in [0.25, 0.3) is 11.0 Å². The third-order valence-electron chi connectivity index (χ3n) is 3.38. The van der Waals surface area contributed by atoms with Crippen LogP contribution in [0.4, 0.5) is 5.69 Å². The molecule has 3 aromatic rings. The normalized spacial score (nSPS) is 10.6. The first-order chi connectivity index (χ1) is 10.7. The lowest BCUT2D eigenvalue weighted by atomic mass is 10.2. The molecule has 22 heavy (non-hydrogen) atoms. The monoisotopic (exact) mass is 294 g/mol. The molecule has 0 unspecified atom stereocenters. The molecule has 0 aliphatic rings. The highest BCUT2D eigenvalue weighted by atomic mass is 16.1. The van der Waals surface area contributed by atoms with Gasteiger partial charge >= 0.3 is 0 Å². The Bertz CT molecular complexity index is 780. The molecule has 1 amide bonds.